The van der Waals surface area contributed by atoms with Crippen LogP contribution in [0.3, 0.4) is 0 Å². The molecule has 1 rings (SSSR count). The molecule has 0 bridgehead atoms. The average Bonchev–Trinajstić information content (AvgIpc) is 2.39. The van der Waals surface area contributed by atoms with Gasteiger partial charge in [0.25, 0.3) is 0 Å². The Balaban J connectivity index is 2.50. The predicted octanol–water partition coefficient (Wildman–Crippen LogP) is 0.910. The summed E-state index contributed by atoms with van der Waals surface area (Å²) < 4.78 is 4.82. The highest BCUT2D eigenvalue weighted by Crippen LogP contribution is 2.01. The fraction of sp³-hybridized carbons (Fsp3) is 0.375. The first-order valence-electron chi connectivity index (χ1n) is 3.41. The molecule has 1 amide bonds. The predicted molar refractivity (Wildman–Crippen MR) is 41.1 cm³/mol. The largest absolute Gasteiger partial charge is 0.472 e. The van der Waals surface area contributed by atoms with Gasteiger partial charge in [-0.1, -0.05) is 0 Å². The Bertz CT molecular complexity index is 226. The van der Waals surface area contributed by atoms with Crippen LogP contribution in [0.4, 0.5) is 0 Å². The molecule has 11 heavy (non-hydrogen) atoms. The molecule has 0 spiro atoms. The molecule has 1 aromatic heterocycles. The second-order valence-electron chi connectivity index (χ2n) is 2.60. The number of nitrogens with zero attached hydrogens (tertiary/aromatic N) is 1. The molecule has 3 heteroatoms. The molecule has 0 aliphatic heterocycles. The number of hydrogen-bond donors (Lipinski definition) is 0. The second-order valence-corrected chi connectivity index (χ2v) is 2.60. The lowest BCUT2D eigenvalue weighted by molar-refractivity contribution is -0.127. The maximum atomic E-state index is 11.1. The van der Waals surface area contributed by atoms with E-state index in [9.17, 15) is 4.79 Å². The van der Waals surface area contributed by atoms with Crippen molar-refractivity contribution < 1.29 is 9.21 Å². The Morgan fingerprint density at radius 1 is 1.64 bits per heavy atom. The van der Waals surface area contributed by atoms with E-state index < -0.39 is 0 Å². The highest BCUT2D eigenvalue weighted by molar-refractivity contribution is 5.77. The summed E-state index contributed by atoms with van der Waals surface area (Å²) in [7, 11) is 3.48. The highest BCUT2D eigenvalue weighted by atomic mass is 16.3. The second kappa shape index (κ2) is 3.23. The van der Waals surface area contributed by atoms with Crippen molar-refractivity contribution in [2.75, 3.05) is 14.1 Å². The maximum absolute atomic E-state index is 11.1. The fourth-order valence-electron chi connectivity index (χ4n) is 0.726. The molecule has 0 fully saturated rings. The summed E-state index contributed by atoms with van der Waals surface area (Å²) in [4.78, 5) is 12.7. The van der Waals surface area contributed by atoms with Gasteiger partial charge in [-0.25, -0.2) is 0 Å². The van der Waals surface area contributed by atoms with Crippen LogP contribution in [0.2, 0.25) is 0 Å². The summed E-state index contributed by atoms with van der Waals surface area (Å²) in [5, 5.41) is 0. The van der Waals surface area contributed by atoms with E-state index in [1.807, 2.05) is 0 Å². The average molecular weight is 153 g/mol. The third-order valence-corrected chi connectivity index (χ3v) is 1.43. The number of amides is 1. The molecule has 0 N–H and O–H groups in total. The van der Waals surface area contributed by atoms with Gasteiger partial charge in [-0.2, -0.15) is 0 Å². The van der Waals surface area contributed by atoms with Crippen LogP contribution >= 0.6 is 0 Å². The van der Waals surface area contributed by atoms with Crippen molar-refractivity contribution in [1.29, 1.82) is 0 Å². The highest BCUT2D eigenvalue weighted by Gasteiger charge is 2.05. The maximum Gasteiger partial charge on any atom is 0.226 e. The summed E-state index contributed by atoms with van der Waals surface area (Å²) in [5.41, 5.74) is 0.920. The molecule has 0 saturated carbocycles. The lowest BCUT2D eigenvalue weighted by Crippen LogP contribution is -2.23. The van der Waals surface area contributed by atoms with Crippen LogP contribution in [0.1, 0.15) is 5.56 Å². The first-order valence-corrected chi connectivity index (χ1v) is 3.41. The molecule has 60 valence electrons. The van der Waals surface area contributed by atoms with E-state index in [4.69, 9.17) is 4.42 Å². The van der Waals surface area contributed by atoms with Crippen molar-refractivity contribution in [1.82, 2.24) is 4.90 Å². The minimum Gasteiger partial charge on any atom is -0.472 e. The quantitative estimate of drug-likeness (QED) is 0.632. The van der Waals surface area contributed by atoms with Crippen LogP contribution in [0, 0.1) is 0 Å². The van der Waals surface area contributed by atoms with E-state index in [0.717, 1.165) is 5.56 Å². The zero-order chi connectivity index (χ0) is 8.27. The topological polar surface area (TPSA) is 33.5 Å². The van der Waals surface area contributed by atoms with Gasteiger partial charge in [-0.15, -0.1) is 0 Å². The Labute approximate surface area is 65.6 Å². The van der Waals surface area contributed by atoms with E-state index in [0.29, 0.717) is 6.42 Å². The minimum absolute atomic E-state index is 0.0893. The molecular formula is C8H11NO2. The summed E-state index contributed by atoms with van der Waals surface area (Å²) in [5.74, 6) is 0.0893. The van der Waals surface area contributed by atoms with Gasteiger partial charge >= 0.3 is 0 Å². The van der Waals surface area contributed by atoms with E-state index in [2.05, 4.69) is 0 Å². The molecule has 0 aliphatic carbocycles. The number of carbonyl (C=O) groups is 1. The summed E-state index contributed by atoms with van der Waals surface area (Å²) in [6.45, 7) is 0. The van der Waals surface area contributed by atoms with Crippen molar-refractivity contribution in [3.63, 3.8) is 0 Å². The van der Waals surface area contributed by atoms with Crippen molar-refractivity contribution in [2.24, 2.45) is 0 Å². The van der Waals surface area contributed by atoms with Crippen LogP contribution in [0.25, 0.3) is 0 Å². The molecule has 3 nitrogen and oxygen atoms in total. The molecule has 0 radical (unpaired) electrons. The Kier molecular flexibility index (Phi) is 2.31. The standard InChI is InChI=1S/C8H11NO2/c1-9(2)8(10)5-7-3-4-11-6-7/h3-4,6H,5H2,1-2H3. The number of rotatable bonds is 2. The Morgan fingerprint density at radius 3 is 2.82 bits per heavy atom. The van der Waals surface area contributed by atoms with E-state index in [-0.39, 0.29) is 5.91 Å². The van der Waals surface area contributed by atoms with Gasteiger partial charge in [0, 0.05) is 14.1 Å². The molecule has 0 aliphatic rings. The molecule has 1 heterocycles. The van der Waals surface area contributed by atoms with E-state index >= 15 is 0 Å². The van der Waals surface area contributed by atoms with Gasteiger partial charge in [0.15, 0.2) is 0 Å². The lowest BCUT2D eigenvalue weighted by atomic mass is 10.2. The number of furan rings is 1. The zero-order valence-corrected chi connectivity index (χ0v) is 6.70. The van der Waals surface area contributed by atoms with Gasteiger partial charge in [0.2, 0.25) is 5.91 Å². The lowest BCUT2D eigenvalue weighted by Gasteiger charge is -2.07. The third kappa shape index (κ3) is 2.11. The van der Waals surface area contributed by atoms with E-state index in [1.54, 1.807) is 37.6 Å². The normalized spacial score (nSPS) is 9.64. The summed E-state index contributed by atoms with van der Waals surface area (Å²) in [6, 6.07) is 1.79. The smallest absolute Gasteiger partial charge is 0.226 e. The van der Waals surface area contributed by atoms with Crippen LogP contribution in [0.5, 0.6) is 0 Å². The summed E-state index contributed by atoms with van der Waals surface area (Å²) in [6.07, 6.45) is 3.57. The van der Waals surface area contributed by atoms with Gasteiger partial charge in [-0.3, -0.25) is 4.79 Å². The van der Waals surface area contributed by atoms with Crippen LogP contribution in [0.15, 0.2) is 23.0 Å². The van der Waals surface area contributed by atoms with Crippen molar-refractivity contribution >= 4 is 5.91 Å². The van der Waals surface area contributed by atoms with Gasteiger partial charge < -0.3 is 9.32 Å². The van der Waals surface area contributed by atoms with Crippen molar-refractivity contribution in [2.45, 2.75) is 6.42 Å². The molecule has 0 saturated heterocycles. The molecule has 0 aromatic carbocycles. The van der Waals surface area contributed by atoms with Crippen molar-refractivity contribution in [3.05, 3.63) is 24.2 Å². The number of likely N-dealkylation sites (N-methyl/N-ethyl adjacent to an activating group) is 1. The third-order valence-electron chi connectivity index (χ3n) is 1.43. The SMILES string of the molecule is CN(C)C(=O)Cc1ccoc1. The molecule has 0 atom stereocenters. The van der Waals surface area contributed by atoms with Crippen molar-refractivity contribution in [3.8, 4) is 0 Å². The van der Waals surface area contributed by atoms with Crippen LogP contribution in [-0.2, 0) is 11.2 Å². The molecule has 0 unspecified atom stereocenters. The minimum atomic E-state index is 0.0893. The number of hydrogen-bond acceptors (Lipinski definition) is 2. The van der Waals surface area contributed by atoms with Crippen LogP contribution < -0.4 is 0 Å². The monoisotopic (exact) mass is 153 g/mol. The van der Waals surface area contributed by atoms with Gasteiger partial charge in [-0.05, 0) is 11.6 Å². The Morgan fingerprint density at radius 2 is 2.36 bits per heavy atom. The van der Waals surface area contributed by atoms with Crippen LogP contribution in [-0.4, -0.2) is 24.9 Å². The van der Waals surface area contributed by atoms with Gasteiger partial charge in [0.1, 0.15) is 0 Å². The van der Waals surface area contributed by atoms with Gasteiger partial charge in [0.05, 0.1) is 18.9 Å². The van der Waals surface area contributed by atoms with E-state index in [1.165, 1.54) is 0 Å². The summed E-state index contributed by atoms with van der Waals surface area (Å²) >= 11 is 0. The number of carbonyl (C=O) groups excluding carboxylic acids is 1. The first kappa shape index (κ1) is 7.85. The Hall–Kier alpha value is -1.25. The molecular weight excluding hydrogens is 142 g/mol. The fourth-order valence-corrected chi connectivity index (χ4v) is 0.726. The first-order chi connectivity index (χ1) is 5.20. The molecule has 1 aromatic rings. The zero-order valence-electron chi connectivity index (χ0n) is 6.70.